The summed E-state index contributed by atoms with van der Waals surface area (Å²) in [5.74, 6) is 0.515. The Hall–Kier alpha value is -3.36. The lowest BCUT2D eigenvalue weighted by Crippen LogP contribution is -2.37. The van der Waals surface area contributed by atoms with Crippen LogP contribution in [0.15, 0.2) is 77.7 Å². The molecule has 0 aliphatic heterocycles. The zero-order chi connectivity index (χ0) is 23.1. The first kappa shape index (κ1) is 23.3. The standard InChI is InChI=1S/C24H26N2O5S/c1-18-9-12-21(13-10-18)32(28,29)26(16-19-7-5-4-6-8-19)17-24(27)25-20-11-14-22(30-2)23(15-20)31-3/h4-15H,16-17H2,1-3H3,(H,25,27). The normalized spacial score (nSPS) is 11.2. The van der Waals surface area contributed by atoms with Gasteiger partial charge in [0.05, 0.1) is 25.7 Å². The minimum absolute atomic E-state index is 0.0659. The van der Waals surface area contributed by atoms with E-state index in [1.165, 1.54) is 18.5 Å². The summed E-state index contributed by atoms with van der Waals surface area (Å²) in [4.78, 5) is 12.9. The first-order valence-corrected chi connectivity index (χ1v) is 11.4. The van der Waals surface area contributed by atoms with E-state index >= 15 is 0 Å². The lowest BCUT2D eigenvalue weighted by atomic mass is 10.2. The zero-order valence-corrected chi connectivity index (χ0v) is 19.1. The number of sulfonamides is 1. The molecule has 1 N–H and O–H groups in total. The van der Waals surface area contributed by atoms with Crippen LogP contribution in [-0.2, 0) is 21.4 Å². The first-order valence-electron chi connectivity index (χ1n) is 9.96. The largest absolute Gasteiger partial charge is 0.493 e. The fourth-order valence-corrected chi connectivity index (χ4v) is 4.53. The van der Waals surface area contributed by atoms with Crippen molar-refractivity contribution in [2.45, 2.75) is 18.4 Å². The van der Waals surface area contributed by atoms with Crippen molar-refractivity contribution in [3.63, 3.8) is 0 Å². The van der Waals surface area contributed by atoms with E-state index in [4.69, 9.17) is 9.47 Å². The highest BCUT2D eigenvalue weighted by molar-refractivity contribution is 7.89. The molecule has 0 saturated heterocycles. The number of aryl methyl sites for hydroxylation is 1. The van der Waals surface area contributed by atoms with Crippen LogP contribution in [0.5, 0.6) is 11.5 Å². The van der Waals surface area contributed by atoms with Crippen LogP contribution in [-0.4, -0.2) is 39.4 Å². The van der Waals surface area contributed by atoms with E-state index in [-0.39, 0.29) is 18.0 Å². The number of ether oxygens (including phenoxy) is 2. The summed E-state index contributed by atoms with van der Waals surface area (Å²) >= 11 is 0. The quantitative estimate of drug-likeness (QED) is 0.531. The SMILES string of the molecule is COc1ccc(NC(=O)CN(Cc2ccccc2)S(=O)(=O)c2ccc(C)cc2)cc1OC. The molecule has 0 saturated carbocycles. The van der Waals surface area contributed by atoms with Crippen molar-refractivity contribution in [1.29, 1.82) is 0 Å². The molecule has 0 aromatic heterocycles. The third-order valence-corrected chi connectivity index (χ3v) is 6.65. The summed E-state index contributed by atoms with van der Waals surface area (Å²) in [7, 11) is -0.879. The average Bonchev–Trinajstić information content (AvgIpc) is 2.79. The van der Waals surface area contributed by atoms with Gasteiger partial charge in [-0.15, -0.1) is 0 Å². The molecule has 0 radical (unpaired) electrons. The van der Waals surface area contributed by atoms with Gasteiger partial charge in [0.25, 0.3) is 0 Å². The predicted molar refractivity (Wildman–Crippen MR) is 123 cm³/mol. The Labute approximate surface area is 188 Å². The maximum Gasteiger partial charge on any atom is 0.243 e. The first-order chi connectivity index (χ1) is 15.3. The predicted octanol–water partition coefficient (Wildman–Crippen LogP) is 3.84. The van der Waals surface area contributed by atoms with Gasteiger partial charge in [-0.1, -0.05) is 48.0 Å². The highest BCUT2D eigenvalue weighted by atomic mass is 32.2. The van der Waals surface area contributed by atoms with Gasteiger partial charge in [0.2, 0.25) is 15.9 Å². The van der Waals surface area contributed by atoms with E-state index in [2.05, 4.69) is 5.32 Å². The van der Waals surface area contributed by atoms with Gasteiger partial charge >= 0.3 is 0 Å². The van der Waals surface area contributed by atoms with Crippen molar-refractivity contribution in [2.24, 2.45) is 0 Å². The molecule has 0 heterocycles. The number of carbonyl (C=O) groups is 1. The second-order valence-corrected chi connectivity index (χ2v) is 9.13. The summed E-state index contributed by atoms with van der Waals surface area (Å²) in [5.41, 5.74) is 2.20. The van der Waals surface area contributed by atoms with Gasteiger partial charge in [0.15, 0.2) is 11.5 Å². The van der Waals surface area contributed by atoms with Gasteiger partial charge < -0.3 is 14.8 Å². The lowest BCUT2D eigenvalue weighted by molar-refractivity contribution is -0.116. The average molecular weight is 455 g/mol. The van der Waals surface area contributed by atoms with Crippen molar-refractivity contribution < 1.29 is 22.7 Å². The fourth-order valence-electron chi connectivity index (χ4n) is 3.15. The molecule has 1 amide bonds. The lowest BCUT2D eigenvalue weighted by Gasteiger charge is -2.22. The zero-order valence-electron chi connectivity index (χ0n) is 18.2. The van der Waals surface area contributed by atoms with Crippen LogP contribution in [0, 0.1) is 6.92 Å². The van der Waals surface area contributed by atoms with E-state index in [0.29, 0.717) is 17.2 Å². The number of hydrogen-bond acceptors (Lipinski definition) is 5. The fraction of sp³-hybridized carbons (Fsp3) is 0.208. The van der Waals surface area contributed by atoms with E-state index < -0.39 is 15.9 Å². The van der Waals surface area contributed by atoms with Crippen molar-refractivity contribution in [1.82, 2.24) is 4.31 Å². The molecule has 0 aliphatic carbocycles. The van der Waals surface area contributed by atoms with Crippen molar-refractivity contribution in [3.05, 3.63) is 83.9 Å². The third kappa shape index (κ3) is 5.66. The molecule has 0 unspecified atom stereocenters. The molecule has 7 nitrogen and oxygen atoms in total. The number of rotatable bonds is 9. The second-order valence-electron chi connectivity index (χ2n) is 7.19. The molecular formula is C24H26N2O5S. The second kappa shape index (κ2) is 10.3. The monoisotopic (exact) mass is 454 g/mol. The molecule has 3 aromatic rings. The summed E-state index contributed by atoms with van der Waals surface area (Å²) < 4.78 is 38.3. The highest BCUT2D eigenvalue weighted by Gasteiger charge is 2.27. The molecule has 0 fully saturated rings. The van der Waals surface area contributed by atoms with Crippen LogP contribution >= 0.6 is 0 Å². The summed E-state index contributed by atoms with van der Waals surface area (Å²) in [6.07, 6.45) is 0. The highest BCUT2D eigenvalue weighted by Crippen LogP contribution is 2.29. The number of amides is 1. The molecule has 0 spiro atoms. The molecule has 0 bridgehead atoms. The van der Waals surface area contributed by atoms with Crippen molar-refractivity contribution >= 4 is 21.6 Å². The topological polar surface area (TPSA) is 84.9 Å². The van der Waals surface area contributed by atoms with Gasteiger partial charge in [-0.3, -0.25) is 4.79 Å². The number of nitrogens with zero attached hydrogens (tertiary/aromatic N) is 1. The van der Waals surface area contributed by atoms with E-state index in [9.17, 15) is 13.2 Å². The van der Waals surface area contributed by atoms with Gasteiger partial charge in [0.1, 0.15) is 0 Å². The van der Waals surface area contributed by atoms with Crippen molar-refractivity contribution in [2.75, 3.05) is 26.1 Å². The number of nitrogens with one attached hydrogen (secondary N) is 1. The number of hydrogen-bond donors (Lipinski definition) is 1. The Morgan fingerprint density at radius 2 is 1.56 bits per heavy atom. The van der Waals surface area contributed by atoms with Gasteiger partial charge in [0, 0.05) is 18.3 Å². The van der Waals surface area contributed by atoms with Gasteiger partial charge in [-0.2, -0.15) is 4.31 Å². The van der Waals surface area contributed by atoms with E-state index in [1.807, 2.05) is 37.3 Å². The Bertz CT molecular complexity index is 1160. The number of benzene rings is 3. The molecule has 3 rings (SSSR count). The number of anilines is 1. The Kier molecular flexibility index (Phi) is 7.50. The summed E-state index contributed by atoms with van der Waals surface area (Å²) in [6, 6.07) is 20.7. The summed E-state index contributed by atoms with van der Waals surface area (Å²) in [5, 5.41) is 2.74. The maximum atomic E-state index is 13.3. The Balaban J connectivity index is 1.85. The Morgan fingerprint density at radius 1 is 0.906 bits per heavy atom. The molecule has 32 heavy (non-hydrogen) atoms. The molecular weight excluding hydrogens is 428 g/mol. The van der Waals surface area contributed by atoms with Crippen LogP contribution < -0.4 is 14.8 Å². The van der Waals surface area contributed by atoms with Gasteiger partial charge in [-0.25, -0.2) is 8.42 Å². The Morgan fingerprint density at radius 3 is 2.19 bits per heavy atom. The van der Waals surface area contributed by atoms with Crippen LogP contribution in [0.2, 0.25) is 0 Å². The minimum atomic E-state index is -3.90. The third-order valence-electron chi connectivity index (χ3n) is 4.85. The van der Waals surface area contributed by atoms with Crippen LogP contribution in [0.25, 0.3) is 0 Å². The van der Waals surface area contributed by atoms with Crippen LogP contribution in [0.4, 0.5) is 5.69 Å². The van der Waals surface area contributed by atoms with Crippen LogP contribution in [0.1, 0.15) is 11.1 Å². The molecule has 0 atom stereocenters. The number of methoxy groups -OCH3 is 2. The minimum Gasteiger partial charge on any atom is -0.493 e. The maximum absolute atomic E-state index is 13.3. The smallest absolute Gasteiger partial charge is 0.243 e. The van der Waals surface area contributed by atoms with Crippen molar-refractivity contribution in [3.8, 4) is 11.5 Å². The molecule has 3 aromatic carbocycles. The van der Waals surface area contributed by atoms with Crippen LogP contribution in [0.3, 0.4) is 0 Å². The van der Waals surface area contributed by atoms with E-state index in [0.717, 1.165) is 11.1 Å². The van der Waals surface area contributed by atoms with Gasteiger partial charge in [-0.05, 0) is 36.8 Å². The molecule has 8 heteroatoms. The summed E-state index contributed by atoms with van der Waals surface area (Å²) in [6.45, 7) is 1.60. The number of carbonyl (C=O) groups excluding carboxylic acids is 1. The molecule has 168 valence electrons. The van der Waals surface area contributed by atoms with E-state index in [1.54, 1.807) is 42.5 Å². The molecule has 0 aliphatic rings.